The molecule has 1 aromatic carbocycles. The van der Waals surface area contributed by atoms with Gasteiger partial charge in [-0.15, -0.1) is 11.3 Å². The van der Waals surface area contributed by atoms with Crippen molar-refractivity contribution in [2.75, 3.05) is 0 Å². The largest absolute Gasteiger partial charge is 0.444 e. The van der Waals surface area contributed by atoms with E-state index in [0.29, 0.717) is 6.42 Å². The lowest BCUT2D eigenvalue weighted by Crippen LogP contribution is -2.51. The van der Waals surface area contributed by atoms with E-state index >= 15 is 0 Å². The molecule has 0 spiro atoms. The summed E-state index contributed by atoms with van der Waals surface area (Å²) < 4.78 is 6.69. The molecule has 1 amide bonds. The molecule has 26 heavy (non-hydrogen) atoms. The van der Waals surface area contributed by atoms with Gasteiger partial charge in [-0.05, 0) is 59.4 Å². The second kappa shape index (κ2) is 7.53. The number of aromatic nitrogens is 1. The highest BCUT2D eigenvalue weighted by Gasteiger charge is 2.36. The summed E-state index contributed by atoms with van der Waals surface area (Å²) in [4.78, 5) is 19.0. The van der Waals surface area contributed by atoms with Gasteiger partial charge in [0.15, 0.2) is 0 Å². The van der Waals surface area contributed by atoms with Crippen LogP contribution in [0.25, 0.3) is 10.2 Å². The Hall–Kier alpha value is -1.66. The minimum atomic E-state index is -0.652. The van der Waals surface area contributed by atoms with E-state index in [0.717, 1.165) is 35.0 Å². The molecule has 1 saturated heterocycles. The predicted molar refractivity (Wildman–Crippen MR) is 104 cm³/mol. The molecular formula is C20H28N2O3S. The molecule has 0 aliphatic carbocycles. The number of rotatable bonds is 3. The second-order valence-electron chi connectivity index (χ2n) is 8.12. The Labute approximate surface area is 159 Å². The summed E-state index contributed by atoms with van der Waals surface area (Å²) in [6, 6.07) is 5.98. The summed E-state index contributed by atoms with van der Waals surface area (Å²) >= 11 is 1.57. The number of aliphatic hydroxyl groups excluding tert-OH is 1. The first-order chi connectivity index (χ1) is 12.3. The van der Waals surface area contributed by atoms with Gasteiger partial charge in [-0.3, -0.25) is 0 Å². The van der Waals surface area contributed by atoms with Crippen molar-refractivity contribution in [2.24, 2.45) is 0 Å². The lowest BCUT2D eigenvalue weighted by molar-refractivity contribution is -0.0111. The zero-order valence-corrected chi connectivity index (χ0v) is 16.8. The first kappa shape index (κ1) is 19.1. The molecule has 1 aromatic heterocycles. The van der Waals surface area contributed by atoms with Crippen molar-refractivity contribution in [3.05, 3.63) is 29.3 Å². The quantitative estimate of drug-likeness (QED) is 0.828. The number of para-hydroxylation sites is 1. The molecular weight excluding hydrogens is 348 g/mol. The standard InChI is InChI=1S/C20H28N2O3S/c1-13-7-5-8-14(22(13)19(24)25-20(2,3)4)11-16(23)15-9-6-10-17-18(15)21-12-26-17/h6,9-10,12-14,16,23H,5,7-8,11H2,1-4H3/t13-,14-,16-/m1/s1. The number of nitrogens with zero attached hydrogens (tertiary/aromatic N) is 2. The Morgan fingerprint density at radius 1 is 1.42 bits per heavy atom. The van der Waals surface area contributed by atoms with Crippen molar-refractivity contribution < 1.29 is 14.6 Å². The zero-order valence-electron chi connectivity index (χ0n) is 15.9. The minimum absolute atomic E-state index is 0.0301. The molecule has 1 aliphatic rings. The molecule has 0 bridgehead atoms. The lowest BCUT2D eigenvalue weighted by atomic mass is 9.91. The van der Waals surface area contributed by atoms with Crippen LogP contribution in [0.4, 0.5) is 4.79 Å². The summed E-state index contributed by atoms with van der Waals surface area (Å²) in [5.41, 5.74) is 2.98. The average Bonchev–Trinajstić information content (AvgIpc) is 3.01. The van der Waals surface area contributed by atoms with Gasteiger partial charge in [0.1, 0.15) is 5.60 Å². The van der Waals surface area contributed by atoms with E-state index in [2.05, 4.69) is 11.9 Å². The molecule has 1 N–H and O–H groups in total. The van der Waals surface area contributed by atoms with Crippen LogP contribution in [0.2, 0.25) is 0 Å². The number of hydrogen-bond donors (Lipinski definition) is 1. The van der Waals surface area contributed by atoms with E-state index in [1.165, 1.54) is 0 Å². The third-order valence-corrected chi connectivity index (χ3v) is 5.67. The van der Waals surface area contributed by atoms with E-state index in [-0.39, 0.29) is 18.2 Å². The van der Waals surface area contributed by atoms with Crippen molar-refractivity contribution in [3.8, 4) is 0 Å². The summed E-state index contributed by atoms with van der Waals surface area (Å²) in [5.74, 6) is 0. The van der Waals surface area contributed by atoms with Crippen LogP contribution in [0.3, 0.4) is 0 Å². The highest BCUT2D eigenvalue weighted by atomic mass is 32.1. The van der Waals surface area contributed by atoms with Crippen molar-refractivity contribution in [3.63, 3.8) is 0 Å². The van der Waals surface area contributed by atoms with Crippen LogP contribution < -0.4 is 0 Å². The fourth-order valence-corrected chi connectivity index (χ4v) is 4.43. The lowest BCUT2D eigenvalue weighted by Gasteiger charge is -2.41. The molecule has 1 aliphatic heterocycles. The van der Waals surface area contributed by atoms with Crippen molar-refractivity contribution in [1.82, 2.24) is 9.88 Å². The molecule has 0 unspecified atom stereocenters. The summed E-state index contributed by atoms with van der Waals surface area (Å²) in [6.45, 7) is 7.70. The number of carbonyl (C=O) groups excluding carboxylic acids is 1. The normalized spacial score (nSPS) is 22.4. The van der Waals surface area contributed by atoms with Gasteiger partial charge in [0.2, 0.25) is 0 Å². The molecule has 3 rings (SSSR count). The Bertz CT molecular complexity index is 768. The number of thiazole rings is 1. The van der Waals surface area contributed by atoms with Gasteiger partial charge >= 0.3 is 6.09 Å². The number of likely N-dealkylation sites (tertiary alicyclic amines) is 1. The maximum absolute atomic E-state index is 12.7. The molecule has 2 heterocycles. The van der Waals surface area contributed by atoms with Crippen LogP contribution in [0.1, 0.15) is 65.0 Å². The van der Waals surface area contributed by atoms with E-state index in [1.807, 2.05) is 43.9 Å². The summed E-state index contributed by atoms with van der Waals surface area (Å²) in [6.07, 6.45) is 2.47. The van der Waals surface area contributed by atoms with Crippen molar-refractivity contribution in [2.45, 2.75) is 77.2 Å². The van der Waals surface area contributed by atoms with Crippen molar-refractivity contribution >= 4 is 27.6 Å². The second-order valence-corrected chi connectivity index (χ2v) is 9.01. The highest BCUT2D eigenvalue weighted by Crippen LogP contribution is 2.33. The first-order valence-electron chi connectivity index (χ1n) is 9.28. The van der Waals surface area contributed by atoms with Gasteiger partial charge in [-0.1, -0.05) is 12.1 Å². The fourth-order valence-electron chi connectivity index (χ4n) is 3.72. The topological polar surface area (TPSA) is 62.7 Å². The molecule has 0 saturated carbocycles. The Kier molecular flexibility index (Phi) is 5.53. The van der Waals surface area contributed by atoms with Gasteiger partial charge in [0.25, 0.3) is 0 Å². The van der Waals surface area contributed by atoms with E-state index in [4.69, 9.17) is 4.74 Å². The minimum Gasteiger partial charge on any atom is -0.444 e. The number of aliphatic hydroxyl groups is 1. The Morgan fingerprint density at radius 3 is 2.92 bits per heavy atom. The Morgan fingerprint density at radius 2 is 2.19 bits per heavy atom. The fraction of sp³-hybridized carbons (Fsp3) is 0.600. The van der Waals surface area contributed by atoms with Gasteiger partial charge in [0, 0.05) is 17.6 Å². The number of hydrogen-bond acceptors (Lipinski definition) is 5. The van der Waals surface area contributed by atoms with E-state index < -0.39 is 11.7 Å². The molecule has 5 nitrogen and oxygen atoms in total. The summed E-state index contributed by atoms with van der Waals surface area (Å²) in [5, 5.41) is 10.9. The van der Waals surface area contributed by atoms with Crippen LogP contribution in [-0.4, -0.2) is 38.8 Å². The predicted octanol–water partition coefficient (Wildman–Crippen LogP) is 4.90. The van der Waals surface area contributed by atoms with Crippen LogP contribution in [0.15, 0.2) is 23.7 Å². The third kappa shape index (κ3) is 4.18. The van der Waals surface area contributed by atoms with Gasteiger partial charge < -0.3 is 14.7 Å². The smallest absolute Gasteiger partial charge is 0.410 e. The van der Waals surface area contributed by atoms with Gasteiger partial charge in [-0.2, -0.15) is 0 Å². The van der Waals surface area contributed by atoms with Crippen LogP contribution in [0.5, 0.6) is 0 Å². The number of amides is 1. The number of fused-ring (bicyclic) bond motifs is 1. The van der Waals surface area contributed by atoms with Crippen LogP contribution in [-0.2, 0) is 4.74 Å². The third-order valence-electron chi connectivity index (χ3n) is 4.88. The zero-order chi connectivity index (χ0) is 18.9. The molecule has 3 atom stereocenters. The SMILES string of the molecule is C[C@@H]1CCC[C@H](C[C@@H](O)c2cccc3scnc23)N1C(=O)OC(C)(C)C. The number of ether oxygens (including phenoxy) is 1. The van der Waals surface area contributed by atoms with E-state index in [9.17, 15) is 9.90 Å². The Balaban J connectivity index is 1.79. The van der Waals surface area contributed by atoms with Gasteiger partial charge in [-0.25, -0.2) is 9.78 Å². The molecule has 142 valence electrons. The highest BCUT2D eigenvalue weighted by molar-refractivity contribution is 7.16. The van der Waals surface area contributed by atoms with Gasteiger partial charge in [0.05, 0.1) is 21.8 Å². The summed E-state index contributed by atoms with van der Waals surface area (Å²) in [7, 11) is 0. The molecule has 0 radical (unpaired) electrons. The first-order valence-corrected chi connectivity index (χ1v) is 10.2. The van der Waals surface area contributed by atoms with Crippen molar-refractivity contribution in [1.29, 1.82) is 0 Å². The molecule has 2 aromatic rings. The van der Waals surface area contributed by atoms with E-state index in [1.54, 1.807) is 16.8 Å². The monoisotopic (exact) mass is 376 g/mol. The average molecular weight is 377 g/mol. The maximum Gasteiger partial charge on any atom is 0.410 e. The maximum atomic E-state index is 12.7. The van der Waals surface area contributed by atoms with Crippen LogP contribution >= 0.6 is 11.3 Å². The number of piperidine rings is 1. The number of carbonyl (C=O) groups is 1. The van der Waals surface area contributed by atoms with Crippen LogP contribution in [0, 0.1) is 0 Å². The number of benzene rings is 1. The molecule has 1 fully saturated rings. The molecule has 6 heteroatoms.